The van der Waals surface area contributed by atoms with Crippen LogP contribution in [0.15, 0.2) is 30.5 Å². The lowest BCUT2D eigenvalue weighted by Gasteiger charge is -2.28. The van der Waals surface area contributed by atoms with E-state index in [4.69, 9.17) is 21.6 Å². The van der Waals surface area contributed by atoms with Crippen molar-refractivity contribution < 1.29 is 14.3 Å². The highest BCUT2D eigenvalue weighted by atomic mass is 35.5. The van der Waals surface area contributed by atoms with Gasteiger partial charge in [0.05, 0.1) is 30.3 Å². The number of aromatic nitrogens is 2. The van der Waals surface area contributed by atoms with Crippen LogP contribution in [0, 0.1) is 17.2 Å². The molecule has 2 atom stereocenters. The number of ether oxygens (including phenoxy) is 1. The number of esters is 1. The summed E-state index contributed by atoms with van der Waals surface area (Å²) in [5.74, 6) is 0.00338. The third-order valence-electron chi connectivity index (χ3n) is 4.79. The Kier molecular flexibility index (Phi) is 6.34. The summed E-state index contributed by atoms with van der Waals surface area (Å²) < 4.78 is 4.72. The molecule has 7 nitrogen and oxygen atoms in total. The maximum absolute atomic E-state index is 12.9. The summed E-state index contributed by atoms with van der Waals surface area (Å²) >= 11 is 6.27. The summed E-state index contributed by atoms with van der Waals surface area (Å²) in [6.45, 7) is 0.639. The van der Waals surface area contributed by atoms with Crippen LogP contribution >= 0.6 is 11.6 Å². The highest BCUT2D eigenvalue weighted by Crippen LogP contribution is 2.25. The average molecular weight is 399 g/mol. The minimum absolute atomic E-state index is 0.0799. The fourth-order valence-electron chi connectivity index (χ4n) is 3.25. The van der Waals surface area contributed by atoms with Crippen LogP contribution in [0.5, 0.6) is 0 Å². The first-order valence-corrected chi connectivity index (χ1v) is 9.27. The summed E-state index contributed by atoms with van der Waals surface area (Å²) in [7, 11) is 1.36. The summed E-state index contributed by atoms with van der Waals surface area (Å²) in [5.41, 5.74) is 1.48. The molecule has 0 aliphatic carbocycles. The van der Waals surface area contributed by atoms with E-state index in [1.54, 1.807) is 24.3 Å². The van der Waals surface area contributed by atoms with Gasteiger partial charge < -0.3 is 10.1 Å². The van der Waals surface area contributed by atoms with Crippen LogP contribution in [0.4, 0.5) is 0 Å². The van der Waals surface area contributed by atoms with Gasteiger partial charge in [-0.05, 0) is 49.6 Å². The number of ketones is 1. The molecule has 1 aromatic carbocycles. The topological polar surface area (TPSA) is 105 Å². The van der Waals surface area contributed by atoms with Gasteiger partial charge in [-0.15, -0.1) is 0 Å². The van der Waals surface area contributed by atoms with E-state index in [1.807, 2.05) is 6.07 Å². The number of methoxy groups -OCH3 is 1. The van der Waals surface area contributed by atoms with Gasteiger partial charge in [-0.25, -0.2) is 9.97 Å². The van der Waals surface area contributed by atoms with Crippen LogP contribution in [-0.2, 0) is 9.53 Å². The number of Topliss-reactive ketones (excluding diaryl/α,β-unsaturated/α-hetero) is 1. The molecule has 1 N–H and O–H groups in total. The number of nitrogens with one attached hydrogen (secondary N) is 1. The number of carbonyl (C=O) groups is 2. The van der Waals surface area contributed by atoms with Gasteiger partial charge in [0, 0.05) is 18.2 Å². The van der Waals surface area contributed by atoms with Gasteiger partial charge in [0.2, 0.25) is 0 Å². The minimum Gasteiger partial charge on any atom is -0.469 e. The molecule has 28 heavy (non-hydrogen) atoms. The van der Waals surface area contributed by atoms with E-state index in [1.165, 1.54) is 13.3 Å². The smallest absolute Gasteiger partial charge is 0.305 e. The number of halogens is 1. The first-order chi connectivity index (χ1) is 13.5. The molecular formula is C20H19ClN4O3. The van der Waals surface area contributed by atoms with Gasteiger partial charge >= 0.3 is 5.97 Å². The third-order valence-corrected chi connectivity index (χ3v) is 5.08. The summed E-state index contributed by atoms with van der Waals surface area (Å²) in [4.78, 5) is 32.9. The lowest BCUT2D eigenvalue weighted by Crippen LogP contribution is -2.44. The van der Waals surface area contributed by atoms with Crippen molar-refractivity contribution in [2.45, 2.75) is 25.3 Å². The summed E-state index contributed by atoms with van der Waals surface area (Å²) in [5, 5.41) is 12.1. The van der Waals surface area contributed by atoms with Crippen molar-refractivity contribution >= 4 is 23.4 Å². The molecule has 2 aromatic rings. The van der Waals surface area contributed by atoms with E-state index in [0.717, 1.165) is 6.42 Å². The molecule has 0 spiro atoms. The number of carbonyl (C=O) groups excluding carboxylic acids is 2. The molecule has 0 radical (unpaired) electrons. The second-order valence-electron chi connectivity index (χ2n) is 6.63. The standard InChI is InChI=1S/C20H19ClN4O3/c1-28-17(26)9-13-6-7-23-16(8-13)18(27)15-11-24-20(25-19(15)21)14-4-2-12(10-22)3-5-14/h2-5,11,13,16,23H,6-9H2,1H3. The molecule has 0 saturated carbocycles. The molecule has 0 amide bonds. The number of nitriles is 1. The van der Waals surface area contributed by atoms with E-state index in [9.17, 15) is 9.59 Å². The van der Waals surface area contributed by atoms with Crippen molar-refractivity contribution in [3.63, 3.8) is 0 Å². The molecule has 0 bridgehead atoms. The number of rotatable bonds is 5. The highest BCUT2D eigenvalue weighted by molar-refractivity contribution is 6.33. The fraction of sp³-hybridized carbons (Fsp3) is 0.350. The van der Waals surface area contributed by atoms with Crippen molar-refractivity contribution in [3.8, 4) is 17.5 Å². The summed E-state index contributed by atoms with van der Waals surface area (Å²) in [6.07, 6.45) is 3.06. The molecule has 144 valence electrons. The van der Waals surface area contributed by atoms with Crippen molar-refractivity contribution in [2.75, 3.05) is 13.7 Å². The number of hydrogen-bond acceptors (Lipinski definition) is 7. The van der Waals surface area contributed by atoms with Crippen molar-refractivity contribution in [2.24, 2.45) is 5.92 Å². The number of hydrogen-bond donors (Lipinski definition) is 1. The molecule has 1 aliphatic heterocycles. The summed E-state index contributed by atoms with van der Waals surface area (Å²) in [6, 6.07) is 8.40. The lowest BCUT2D eigenvalue weighted by molar-refractivity contribution is -0.142. The number of nitrogens with zero attached hydrogens (tertiary/aromatic N) is 3. The Labute approximate surface area is 167 Å². The van der Waals surface area contributed by atoms with Crippen molar-refractivity contribution in [3.05, 3.63) is 46.7 Å². The van der Waals surface area contributed by atoms with Crippen LogP contribution in [0.2, 0.25) is 5.15 Å². The molecule has 3 rings (SSSR count). The Balaban J connectivity index is 1.75. The molecule has 1 fully saturated rings. The zero-order chi connectivity index (χ0) is 20.1. The zero-order valence-corrected chi connectivity index (χ0v) is 16.1. The van der Waals surface area contributed by atoms with Crippen molar-refractivity contribution in [1.82, 2.24) is 15.3 Å². The van der Waals surface area contributed by atoms with Gasteiger partial charge in [-0.3, -0.25) is 9.59 Å². The minimum atomic E-state index is -0.440. The monoisotopic (exact) mass is 398 g/mol. The van der Waals surface area contributed by atoms with Gasteiger partial charge in [-0.1, -0.05) is 11.6 Å². The van der Waals surface area contributed by atoms with E-state index < -0.39 is 6.04 Å². The average Bonchev–Trinajstić information content (AvgIpc) is 2.73. The Morgan fingerprint density at radius 2 is 2.11 bits per heavy atom. The van der Waals surface area contributed by atoms with Gasteiger partial charge in [0.1, 0.15) is 5.15 Å². The van der Waals surface area contributed by atoms with Crippen LogP contribution < -0.4 is 5.32 Å². The van der Waals surface area contributed by atoms with Gasteiger partial charge in [0.15, 0.2) is 11.6 Å². The first-order valence-electron chi connectivity index (χ1n) is 8.89. The first kappa shape index (κ1) is 19.9. The van der Waals surface area contributed by atoms with Crippen LogP contribution in [0.3, 0.4) is 0 Å². The predicted molar refractivity (Wildman–Crippen MR) is 103 cm³/mol. The van der Waals surface area contributed by atoms with E-state index >= 15 is 0 Å². The molecule has 8 heteroatoms. The normalized spacial score (nSPS) is 18.9. The van der Waals surface area contributed by atoms with Gasteiger partial charge in [-0.2, -0.15) is 5.26 Å². The van der Waals surface area contributed by atoms with Crippen LogP contribution in [0.1, 0.15) is 35.2 Å². The van der Waals surface area contributed by atoms with E-state index in [2.05, 4.69) is 15.3 Å². The van der Waals surface area contributed by atoms with E-state index in [0.29, 0.717) is 36.3 Å². The third kappa shape index (κ3) is 4.53. The van der Waals surface area contributed by atoms with Crippen LogP contribution in [-0.4, -0.2) is 41.4 Å². The molecule has 2 unspecified atom stereocenters. The quantitative estimate of drug-likeness (QED) is 0.469. The Morgan fingerprint density at radius 3 is 2.75 bits per heavy atom. The Hall–Kier alpha value is -2.82. The largest absolute Gasteiger partial charge is 0.469 e. The zero-order valence-electron chi connectivity index (χ0n) is 15.3. The fourth-order valence-corrected chi connectivity index (χ4v) is 3.47. The lowest BCUT2D eigenvalue weighted by atomic mass is 9.87. The molecular weight excluding hydrogens is 380 g/mol. The number of benzene rings is 1. The molecule has 2 heterocycles. The predicted octanol–water partition coefficient (Wildman–Crippen LogP) is 2.78. The van der Waals surface area contributed by atoms with Crippen LogP contribution in [0.25, 0.3) is 11.4 Å². The van der Waals surface area contributed by atoms with E-state index in [-0.39, 0.29) is 28.4 Å². The molecule has 1 aromatic heterocycles. The highest BCUT2D eigenvalue weighted by Gasteiger charge is 2.30. The Morgan fingerprint density at radius 1 is 1.36 bits per heavy atom. The number of piperidine rings is 1. The van der Waals surface area contributed by atoms with Gasteiger partial charge in [0.25, 0.3) is 0 Å². The molecule has 1 aliphatic rings. The second kappa shape index (κ2) is 8.91. The maximum Gasteiger partial charge on any atom is 0.305 e. The second-order valence-corrected chi connectivity index (χ2v) is 6.99. The molecule has 1 saturated heterocycles. The van der Waals surface area contributed by atoms with Crippen molar-refractivity contribution in [1.29, 1.82) is 5.26 Å². The SMILES string of the molecule is COC(=O)CC1CCNC(C(=O)c2cnc(-c3ccc(C#N)cc3)nc2Cl)C1. The Bertz CT molecular complexity index is 924. The maximum atomic E-state index is 12.9.